The van der Waals surface area contributed by atoms with E-state index in [4.69, 9.17) is 10.5 Å². The van der Waals surface area contributed by atoms with Crippen molar-refractivity contribution < 1.29 is 9.53 Å². The first-order valence-corrected chi connectivity index (χ1v) is 5.39. The summed E-state index contributed by atoms with van der Waals surface area (Å²) in [5.41, 5.74) is 7.72. The van der Waals surface area contributed by atoms with E-state index in [1.165, 1.54) is 0 Å². The summed E-state index contributed by atoms with van der Waals surface area (Å²) in [6.45, 7) is 0. The fourth-order valence-electron chi connectivity index (χ4n) is 1.95. The first-order chi connectivity index (χ1) is 7.72. The molecule has 0 fully saturated rings. The molecule has 3 nitrogen and oxygen atoms in total. The molecule has 1 aliphatic carbocycles. The lowest BCUT2D eigenvalue weighted by atomic mass is 10.0. The molecule has 0 bridgehead atoms. The van der Waals surface area contributed by atoms with Crippen LogP contribution in [0.15, 0.2) is 29.8 Å². The van der Waals surface area contributed by atoms with Crippen molar-refractivity contribution in [3.63, 3.8) is 0 Å². The predicted molar refractivity (Wildman–Crippen MR) is 63.7 cm³/mol. The van der Waals surface area contributed by atoms with E-state index in [1.807, 2.05) is 6.08 Å². The van der Waals surface area contributed by atoms with Crippen LogP contribution in [0.5, 0.6) is 5.75 Å². The lowest BCUT2D eigenvalue weighted by Crippen LogP contribution is -2.05. The third-order valence-corrected chi connectivity index (χ3v) is 2.80. The Morgan fingerprint density at radius 1 is 1.44 bits per heavy atom. The number of carbonyl (C=O) groups excluding carboxylic acids is 1. The number of allylic oxidation sites excluding steroid dienone is 2. The van der Waals surface area contributed by atoms with Gasteiger partial charge in [-0.05, 0) is 43.0 Å². The molecule has 0 amide bonds. The summed E-state index contributed by atoms with van der Waals surface area (Å²) in [6.07, 6.45) is 4.92. The second-order valence-corrected chi connectivity index (χ2v) is 3.91. The molecule has 2 rings (SSSR count). The molecule has 0 saturated heterocycles. The Balaban J connectivity index is 2.38. The number of ether oxygens (including phenoxy) is 1. The number of carbonyl (C=O) groups is 1. The molecule has 0 heterocycles. The van der Waals surface area contributed by atoms with Gasteiger partial charge in [-0.15, -0.1) is 0 Å². The van der Waals surface area contributed by atoms with Crippen molar-refractivity contribution in [2.45, 2.75) is 19.3 Å². The fourth-order valence-corrected chi connectivity index (χ4v) is 1.95. The number of hydrogen-bond acceptors (Lipinski definition) is 3. The molecule has 0 spiro atoms. The van der Waals surface area contributed by atoms with Crippen LogP contribution in [0.2, 0.25) is 0 Å². The van der Waals surface area contributed by atoms with E-state index in [0.717, 1.165) is 24.8 Å². The molecule has 1 aliphatic rings. The van der Waals surface area contributed by atoms with Gasteiger partial charge in [0.05, 0.1) is 12.7 Å². The van der Waals surface area contributed by atoms with Gasteiger partial charge in [-0.1, -0.05) is 6.08 Å². The fraction of sp³-hybridized carbons (Fsp3) is 0.308. The summed E-state index contributed by atoms with van der Waals surface area (Å²) in [5.74, 6) is 0.633. The number of hydrogen-bond donors (Lipinski definition) is 1. The summed E-state index contributed by atoms with van der Waals surface area (Å²) in [5, 5.41) is 0. The van der Waals surface area contributed by atoms with E-state index >= 15 is 0 Å². The maximum Gasteiger partial charge on any atom is 0.192 e. The number of nitrogen functional groups attached to an aromatic ring is 1. The Kier molecular flexibility index (Phi) is 2.95. The van der Waals surface area contributed by atoms with Crippen LogP contribution in [0, 0.1) is 0 Å². The van der Waals surface area contributed by atoms with Crippen LogP contribution >= 0.6 is 0 Å². The quantitative estimate of drug-likeness (QED) is 0.625. The van der Waals surface area contributed by atoms with Crippen molar-refractivity contribution >= 4 is 11.5 Å². The number of anilines is 1. The van der Waals surface area contributed by atoms with E-state index in [1.54, 1.807) is 25.3 Å². The van der Waals surface area contributed by atoms with Crippen molar-refractivity contribution in [3.05, 3.63) is 35.4 Å². The molecule has 2 N–H and O–H groups in total. The highest BCUT2D eigenvalue weighted by Gasteiger charge is 2.19. The summed E-state index contributed by atoms with van der Waals surface area (Å²) >= 11 is 0. The zero-order valence-electron chi connectivity index (χ0n) is 9.32. The molecule has 16 heavy (non-hydrogen) atoms. The van der Waals surface area contributed by atoms with Gasteiger partial charge >= 0.3 is 0 Å². The van der Waals surface area contributed by atoms with Crippen molar-refractivity contribution in [3.8, 4) is 5.75 Å². The lowest BCUT2D eigenvalue weighted by Gasteiger charge is -2.08. The third kappa shape index (κ3) is 1.94. The Morgan fingerprint density at radius 2 is 2.25 bits per heavy atom. The van der Waals surface area contributed by atoms with E-state index in [0.29, 0.717) is 17.0 Å². The molecule has 0 radical (unpaired) electrons. The molecule has 0 atom stereocenters. The largest absolute Gasteiger partial charge is 0.496 e. The number of rotatable bonds is 3. The molecular formula is C13H15NO2. The van der Waals surface area contributed by atoms with Gasteiger partial charge < -0.3 is 10.5 Å². The zero-order valence-corrected chi connectivity index (χ0v) is 9.32. The van der Waals surface area contributed by atoms with Crippen molar-refractivity contribution in [2.75, 3.05) is 12.8 Å². The van der Waals surface area contributed by atoms with Gasteiger partial charge in [0.1, 0.15) is 5.75 Å². The van der Waals surface area contributed by atoms with Crippen LogP contribution in [-0.4, -0.2) is 12.9 Å². The summed E-state index contributed by atoms with van der Waals surface area (Å²) < 4.78 is 5.18. The molecule has 0 saturated carbocycles. The maximum absolute atomic E-state index is 12.2. The van der Waals surface area contributed by atoms with Gasteiger partial charge in [0.25, 0.3) is 0 Å². The standard InChI is InChI=1S/C13H15NO2/c1-16-12-7-6-10(14)8-11(12)13(15)9-4-2-3-5-9/h4,6-8H,2-3,5,14H2,1H3. The molecular weight excluding hydrogens is 202 g/mol. The summed E-state index contributed by atoms with van der Waals surface area (Å²) in [7, 11) is 1.56. The van der Waals surface area contributed by atoms with Crippen molar-refractivity contribution in [2.24, 2.45) is 0 Å². The number of Topliss-reactive ketones (excluding diaryl/α,β-unsaturated/α-hetero) is 1. The number of benzene rings is 1. The number of nitrogens with two attached hydrogens (primary N) is 1. The van der Waals surface area contributed by atoms with E-state index in [9.17, 15) is 4.79 Å². The Hall–Kier alpha value is -1.77. The van der Waals surface area contributed by atoms with Gasteiger partial charge in [-0.25, -0.2) is 0 Å². The smallest absolute Gasteiger partial charge is 0.192 e. The molecule has 0 aromatic heterocycles. The highest BCUT2D eigenvalue weighted by molar-refractivity contribution is 6.11. The highest BCUT2D eigenvalue weighted by atomic mass is 16.5. The van der Waals surface area contributed by atoms with Gasteiger partial charge in [-0.3, -0.25) is 4.79 Å². The maximum atomic E-state index is 12.2. The number of methoxy groups -OCH3 is 1. The highest BCUT2D eigenvalue weighted by Crippen LogP contribution is 2.28. The second-order valence-electron chi connectivity index (χ2n) is 3.91. The third-order valence-electron chi connectivity index (χ3n) is 2.80. The van der Waals surface area contributed by atoms with Gasteiger partial charge in [-0.2, -0.15) is 0 Å². The van der Waals surface area contributed by atoms with Gasteiger partial charge in [0, 0.05) is 5.69 Å². The van der Waals surface area contributed by atoms with Crippen molar-refractivity contribution in [1.29, 1.82) is 0 Å². The Labute approximate surface area is 94.9 Å². The summed E-state index contributed by atoms with van der Waals surface area (Å²) in [6, 6.07) is 5.15. The van der Waals surface area contributed by atoms with E-state index in [2.05, 4.69) is 0 Å². The zero-order chi connectivity index (χ0) is 11.5. The van der Waals surface area contributed by atoms with E-state index < -0.39 is 0 Å². The minimum absolute atomic E-state index is 0.0432. The van der Waals surface area contributed by atoms with Crippen LogP contribution in [-0.2, 0) is 0 Å². The van der Waals surface area contributed by atoms with Crippen molar-refractivity contribution in [1.82, 2.24) is 0 Å². The van der Waals surface area contributed by atoms with Crippen LogP contribution < -0.4 is 10.5 Å². The van der Waals surface area contributed by atoms with Crippen LogP contribution in [0.25, 0.3) is 0 Å². The molecule has 3 heteroatoms. The first-order valence-electron chi connectivity index (χ1n) is 5.39. The SMILES string of the molecule is COc1ccc(N)cc1C(=O)C1=CCCC1. The van der Waals surface area contributed by atoms with Gasteiger partial charge in [0.2, 0.25) is 0 Å². The minimum Gasteiger partial charge on any atom is -0.496 e. The average Bonchev–Trinajstić information content (AvgIpc) is 2.81. The average molecular weight is 217 g/mol. The Bertz CT molecular complexity index is 449. The van der Waals surface area contributed by atoms with Crippen LogP contribution in [0.4, 0.5) is 5.69 Å². The lowest BCUT2D eigenvalue weighted by molar-refractivity contribution is 0.102. The molecule has 0 unspecified atom stereocenters. The van der Waals surface area contributed by atoms with Crippen LogP contribution in [0.3, 0.4) is 0 Å². The molecule has 1 aromatic rings. The topological polar surface area (TPSA) is 52.3 Å². The van der Waals surface area contributed by atoms with E-state index in [-0.39, 0.29) is 5.78 Å². The molecule has 0 aliphatic heterocycles. The molecule has 84 valence electrons. The predicted octanol–water partition coefficient (Wildman–Crippen LogP) is 2.57. The monoisotopic (exact) mass is 217 g/mol. The van der Waals surface area contributed by atoms with Gasteiger partial charge in [0.15, 0.2) is 5.78 Å². The van der Waals surface area contributed by atoms with Crippen LogP contribution in [0.1, 0.15) is 29.6 Å². The normalized spacial score (nSPS) is 14.7. The minimum atomic E-state index is 0.0432. The second kappa shape index (κ2) is 4.39. The Morgan fingerprint density at radius 3 is 2.88 bits per heavy atom. The first kappa shape index (κ1) is 10.7. The number of ketones is 1. The molecule has 1 aromatic carbocycles. The summed E-state index contributed by atoms with van der Waals surface area (Å²) in [4.78, 5) is 12.2.